The van der Waals surface area contributed by atoms with Crippen LogP contribution in [0, 0.1) is 0 Å². The molecule has 11 heteroatoms. The zero-order valence-electron chi connectivity index (χ0n) is 18.9. The molecule has 3 heterocycles. The van der Waals surface area contributed by atoms with E-state index in [2.05, 4.69) is 10.6 Å². The summed E-state index contributed by atoms with van der Waals surface area (Å²) in [6, 6.07) is 8.87. The Morgan fingerprint density at radius 3 is 2.37 bits per heavy atom. The van der Waals surface area contributed by atoms with Crippen LogP contribution in [0.4, 0.5) is 4.79 Å². The maximum atomic E-state index is 12.7. The Hall–Kier alpha value is -3.99. The normalized spacial score (nSPS) is 17.1. The molecule has 1 aromatic carbocycles. The van der Waals surface area contributed by atoms with Crippen molar-refractivity contribution >= 4 is 41.1 Å². The summed E-state index contributed by atoms with van der Waals surface area (Å²) >= 11 is 1.36. The molecule has 4 amide bonds. The fraction of sp³-hybridized carbons (Fsp3) is 0.292. The third-order valence-corrected chi connectivity index (χ3v) is 6.43. The molecule has 0 bridgehead atoms. The number of carbonyl (C=O) groups excluding carboxylic acids is 5. The van der Waals surface area contributed by atoms with Gasteiger partial charge in [-0.3, -0.25) is 19.3 Å². The van der Waals surface area contributed by atoms with Gasteiger partial charge in [0.1, 0.15) is 6.61 Å². The summed E-state index contributed by atoms with van der Waals surface area (Å²) in [6.07, 6.45) is 0.149. The minimum absolute atomic E-state index is 0.0595. The molecule has 0 aliphatic carbocycles. The van der Waals surface area contributed by atoms with Crippen molar-refractivity contribution in [3.63, 3.8) is 0 Å². The maximum Gasteiger partial charge on any atom is 0.338 e. The van der Waals surface area contributed by atoms with Crippen LogP contribution in [-0.4, -0.2) is 54.4 Å². The molecular formula is C24H23N3O7S. The van der Waals surface area contributed by atoms with Crippen molar-refractivity contribution in [3.8, 4) is 0 Å². The van der Waals surface area contributed by atoms with Crippen LogP contribution in [-0.2, 0) is 19.1 Å². The summed E-state index contributed by atoms with van der Waals surface area (Å²) in [6.45, 7) is 1.54. The van der Waals surface area contributed by atoms with E-state index in [0.29, 0.717) is 11.1 Å². The Bertz CT molecular complexity index is 1170. The standard InChI is InChI=1S/C24H23N3O7S/c1-2-33-23(31)19-16(25-24(32)26-20(19)17-9-6-12-35-17)13-34-18(28)10-5-11-27-21(29)14-7-3-4-8-15(14)22(27)30/h3-4,6-9,12,20H,2,5,10-11,13H2,1H3,(H2,25,26,32)/t20-/m0/s1. The van der Waals surface area contributed by atoms with Gasteiger partial charge in [-0.2, -0.15) is 0 Å². The Morgan fingerprint density at radius 1 is 1.03 bits per heavy atom. The first-order valence-corrected chi connectivity index (χ1v) is 11.9. The van der Waals surface area contributed by atoms with Crippen LogP contribution in [0.5, 0.6) is 0 Å². The predicted molar refractivity (Wildman–Crippen MR) is 124 cm³/mol. The van der Waals surface area contributed by atoms with Gasteiger partial charge in [0.15, 0.2) is 0 Å². The molecule has 2 aromatic rings. The summed E-state index contributed by atoms with van der Waals surface area (Å²) in [5.41, 5.74) is 0.993. The van der Waals surface area contributed by atoms with Gasteiger partial charge in [0.2, 0.25) is 0 Å². The van der Waals surface area contributed by atoms with Crippen LogP contribution < -0.4 is 10.6 Å². The van der Waals surface area contributed by atoms with Crippen LogP contribution in [0.2, 0.25) is 0 Å². The van der Waals surface area contributed by atoms with E-state index in [0.717, 1.165) is 9.78 Å². The number of carbonyl (C=O) groups is 5. The van der Waals surface area contributed by atoms with E-state index in [4.69, 9.17) is 9.47 Å². The lowest BCUT2D eigenvalue weighted by atomic mass is 10.0. The molecule has 0 fully saturated rings. The van der Waals surface area contributed by atoms with Crippen LogP contribution in [0.3, 0.4) is 0 Å². The minimum atomic E-state index is -0.731. The van der Waals surface area contributed by atoms with Gasteiger partial charge in [0.25, 0.3) is 11.8 Å². The highest BCUT2D eigenvalue weighted by atomic mass is 32.1. The maximum absolute atomic E-state index is 12.7. The summed E-state index contributed by atoms with van der Waals surface area (Å²) in [7, 11) is 0. The molecule has 0 unspecified atom stereocenters. The number of nitrogens with zero attached hydrogens (tertiary/aromatic N) is 1. The number of urea groups is 1. The number of fused-ring (bicyclic) bond motifs is 1. The fourth-order valence-electron chi connectivity index (χ4n) is 3.90. The number of imide groups is 1. The quantitative estimate of drug-likeness (QED) is 0.402. The number of benzene rings is 1. The van der Waals surface area contributed by atoms with Gasteiger partial charge in [-0.1, -0.05) is 18.2 Å². The Balaban J connectivity index is 1.38. The van der Waals surface area contributed by atoms with Gasteiger partial charge in [0, 0.05) is 17.8 Å². The van der Waals surface area contributed by atoms with Crippen molar-refractivity contribution in [1.29, 1.82) is 0 Å². The highest BCUT2D eigenvalue weighted by Crippen LogP contribution is 2.31. The molecular weight excluding hydrogens is 474 g/mol. The lowest BCUT2D eigenvalue weighted by molar-refractivity contribution is -0.143. The Labute approximate surface area is 204 Å². The van der Waals surface area contributed by atoms with Gasteiger partial charge in [0.05, 0.1) is 35.0 Å². The molecule has 0 saturated carbocycles. The largest absolute Gasteiger partial charge is 0.463 e. The molecule has 1 atom stereocenters. The lowest BCUT2D eigenvalue weighted by Gasteiger charge is -2.28. The van der Waals surface area contributed by atoms with Gasteiger partial charge in [-0.25, -0.2) is 9.59 Å². The molecule has 35 heavy (non-hydrogen) atoms. The molecule has 2 N–H and O–H groups in total. The fourth-order valence-corrected chi connectivity index (χ4v) is 4.68. The van der Waals surface area contributed by atoms with Crippen LogP contribution >= 0.6 is 11.3 Å². The Morgan fingerprint density at radius 2 is 1.74 bits per heavy atom. The van der Waals surface area contributed by atoms with Crippen molar-refractivity contribution in [2.45, 2.75) is 25.8 Å². The SMILES string of the molecule is CCOC(=O)C1=C(COC(=O)CCCN2C(=O)c3ccccc3C2=O)NC(=O)N[C@H]1c1cccs1. The number of amides is 4. The first-order valence-electron chi connectivity index (χ1n) is 11.0. The topological polar surface area (TPSA) is 131 Å². The molecule has 2 aliphatic heterocycles. The third kappa shape index (κ3) is 5.09. The van der Waals surface area contributed by atoms with Gasteiger partial charge < -0.3 is 20.1 Å². The first kappa shape index (κ1) is 24.1. The number of hydrogen-bond acceptors (Lipinski definition) is 8. The van der Waals surface area contributed by atoms with Crippen LogP contribution in [0.25, 0.3) is 0 Å². The van der Waals surface area contributed by atoms with Crippen LogP contribution in [0.1, 0.15) is 51.4 Å². The number of ether oxygens (including phenoxy) is 2. The molecule has 1 aromatic heterocycles. The molecule has 182 valence electrons. The zero-order chi connectivity index (χ0) is 24.9. The lowest BCUT2D eigenvalue weighted by Crippen LogP contribution is -2.46. The molecule has 10 nitrogen and oxygen atoms in total. The average molecular weight is 498 g/mol. The van der Waals surface area contributed by atoms with E-state index < -0.39 is 24.0 Å². The number of rotatable bonds is 9. The Kier molecular flexibility index (Phi) is 7.25. The van der Waals surface area contributed by atoms with Crippen molar-refractivity contribution in [3.05, 3.63) is 69.1 Å². The smallest absolute Gasteiger partial charge is 0.338 e. The number of nitrogens with one attached hydrogen (secondary N) is 2. The van der Waals surface area contributed by atoms with Crippen molar-refractivity contribution in [2.24, 2.45) is 0 Å². The van der Waals surface area contributed by atoms with Crippen molar-refractivity contribution in [2.75, 3.05) is 19.8 Å². The van der Waals surface area contributed by atoms with Crippen molar-refractivity contribution < 1.29 is 33.4 Å². The highest BCUT2D eigenvalue weighted by Gasteiger charge is 2.36. The number of esters is 2. The van der Waals surface area contributed by atoms with E-state index in [1.165, 1.54) is 11.3 Å². The second-order valence-electron chi connectivity index (χ2n) is 7.73. The van der Waals surface area contributed by atoms with Gasteiger partial charge >= 0.3 is 18.0 Å². The molecule has 4 rings (SSSR count). The van der Waals surface area contributed by atoms with E-state index >= 15 is 0 Å². The van der Waals surface area contributed by atoms with Gasteiger partial charge in [-0.05, 0) is 36.9 Å². The van der Waals surface area contributed by atoms with Gasteiger partial charge in [-0.15, -0.1) is 11.3 Å². The molecule has 2 aliphatic rings. The number of hydrogen-bond donors (Lipinski definition) is 2. The van der Waals surface area contributed by atoms with Crippen molar-refractivity contribution in [1.82, 2.24) is 15.5 Å². The number of thiophene rings is 1. The second kappa shape index (κ2) is 10.5. The predicted octanol–water partition coefficient (Wildman–Crippen LogP) is 2.54. The second-order valence-corrected chi connectivity index (χ2v) is 8.71. The zero-order valence-corrected chi connectivity index (χ0v) is 19.7. The molecule has 0 saturated heterocycles. The summed E-state index contributed by atoms with van der Waals surface area (Å²) in [5.74, 6) is -2.01. The van der Waals surface area contributed by atoms with E-state index in [-0.39, 0.29) is 55.7 Å². The first-order chi connectivity index (χ1) is 16.9. The highest BCUT2D eigenvalue weighted by molar-refractivity contribution is 7.10. The average Bonchev–Trinajstić information content (AvgIpc) is 3.46. The molecule has 0 radical (unpaired) electrons. The van der Waals surface area contributed by atoms with E-state index in [9.17, 15) is 24.0 Å². The van der Waals surface area contributed by atoms with Crippen LogP contribution in [0.15, 0.2) is 53.0 Å². The summed E-state index contributed by atoms with van der Waals surface area (Å²) in [4.78, 5) is 63.9. The minimum Gasteiger partial charge on any atom is -0.463 e. The summed E-state index contributed by atoms with van der Waals surface area (Å²) < 4.78 is 10.5. The van der Waals surface area contributed by atoms with E-state index in [1.54, 1.807) is 43.3 Å². The van der Waals surface area contributed by atoms with E-state index in [1.807, 2.05) is 5.38 Å². The third-order valence-electron chi connectivity index (χ3n) is 5.49. The monoisotopic (exact) mass is 497 g/mol. The summed E-state index contributed by atoms with van der Waals surface area (Å²) in [5, 5.41) is 7.05. The molecule has 0 spiro atoms.